The Morgan fingerprint density at radius 3 is 2.43 bits per heavy atom. The first-order valence-corrected chi connectivity index (χ1v) is 9.18. The normalized spacial score (nSPS) is 27.5. The summed E-state index contributed by atoms with van der Waals surface area (Å²) in [4.78, 5) is 13.7. The predicted octanol–water partition coefficient (Wildman–Crippen LogP) is 3.33. The predicted molar refractivity (Wildman–Crippen MR) is 92.5 cm³/mol. The van der Waals surface area contributed by atoms with Crippen LogP contribution in [0.1, 0.15) is 37.7 Å². The van der Waals surface area contributed by atoms with E-state index < -0.39 is 0 Å². The van der Waals surface area contributed by atoms with Crippen molar-refractivity contribution >= 4 is 6.29 Å². The molecule has 126 valence electrons. The molecule has 0 bridgehead atoms. The summed E-state index contributed by atoms with van der Waals surface area (Å²) in [6.45, 7) is 3.86. The number of aryl methyl sites for hydroxylation is 1. The molecule has 0 N–H and O–H groups in total. The molecule has 1 atom stereocenters. The number of carbonyl (C=O) groups is 1. The topological polar surface area (TPSA) is 29.5 Å². The van der Waals surface area contributed by atoms with E-state index in [1.807, 2.05) is 0 Å². The van der Waals surface area contributed by atoms with Gasteiger partial charge in [-0.3, -0.25) is 4.90 Å². The van der Waals surface area contributed by atoms with Crippen LogP contribution in [0.3, 0.4) is 0 Å². The average Bonchev–Trinajstić information content (AvgIpc) is 2.64. The summed E-state index contributed by atoms with van der Waals surface area (Å²) < 4.78 is 5.55. The van der Waals surface area contributed by atoms with Crippen molar-refractivity contribution in [3.05, 3.63) is 35.9 Å². The van der Waals surface area contributed by atoms with Crippen LogP contribution in [0.5, 0.6) is 0 Å². The molecule has 1 aliphatic heterocycles. The molecule has 3 nitrogen and oxygen atoms in total. The largest absolute Gasteiger partial charge is 0.379 e. The highest BCUT2D eigenvalue weighted by molar-refractivity contribution is 5.53. The molecule has 0 spiro atoms. The minimum atomic E-state index is 0.311. The molecular weight excluding hydrogens is 286 g/mol. The number of aldehydes is 1. The number of carbonyl (C=O) groups excluding carboxylic acids is 1. The van der Waals surface area contributed by atoms with Gasteiger partial charge < -0.3 is 9.53 Å². The minimum absolute atomic E-state index is 0.311. The number of hydrogen-bond donors (Lipinski definition) is 0. The third-order valence-electron chi connectivity index (χ3n) is 5.64. The first-order chi connectivity index (χ1) is 11.4. The zero-order valence-electron chi connectivity index (χ0n) is 14.0. The first kappa shape index (κ1) is 16.7. The second-order valence-corrected chi connectivity index (χ2v) is 7.05. The summed E-state index contributed by atoms with van der Waals surface area (Å²) >= 11 is 0. The molecular formula is C20H29NO2. The molecule has 2 fully saturated rings. The lowest BCUT2D eigenvalue weighted by Gasteiger charge is -2.41. The van der Waals surface area contributed by atoms with Crippen molar-refractivity contribution < 1.29 is 9.53 Å². The van der Waals surface area contributed by atoms with Gasteiger partial charge >= 0.3 is 0 Å². The summed E-state index contributed by atoms with van der Waals surface area (Å²) in [6.07, 6.45) is 8.13. The van der Waals surface area contributed by atoms with Gasteiger partial charge in [-0.15, -0.1) is 0 Å². The van der Waals surface area contributed by atoms with Gasteiger partial charge in [0.2, 0.25) is 0 Å². The molecule has 0 amide bonds. The highest BCUT2D eigenvalue weighted by atomic mass is 16.5. The monoisotopic (exact) mass is 315 g/mol. The second-order valence-electron chi connectivity index (χ2n) is 7.05. The van der Waals surface area contributed by atoms with Crippen LogP contribution in [0.2, 0.25) is 0 Å². The summed E-state index contributed by atoms with van der Waals surface area (Å²) in [6, 6.07) is 11.5. The van der Waals surface area contributed by atoms with Crippen molar-refractivity contribution in [2.45, 2.75) is 44.6 Å². The smallest absolute Gasteiger partial charge is 0.123 e. The van der Waals surface area contributed by atoms with E-state index in [1.165, 1.54) is 31.1 Å². The van der Waals surface area contributed by atoms with E-state index in [0.29, 0.717) is 12.0 Å². The van der Waals surface area contributed by atoms with E-state index in [-0.39, 0.29) is 0 Å². The van der Waals surface area contributed by atoms with Crippen molar-refractivity contribution in [2.75, 3.05) is 26.3 Å². The molecule has 1 aromatic rings. The van der Waals surface area contributed by atoms with Crippen molar-refractivity contribution in [2.24, 2.45) is 11.8 Å². The summed E-state index contributed by atoms with van der Waals surface area (Å²) in [7, 11) is 0. The Labute approximate surface area is 140 Å². The van der Waals surface area contributed by atoms with Crippen LogP contribution in [0.15, 0.2) is 30.3 Å². The van der Waals surface area contributed by atoms with Crippen LogP contribution in [-0.4, -0.2) is 43.5 Å². The standard InChI is InChI=1S/C20H29NO2/c22-16-18-6-9-19(10-7-18)20(21-12-14-23-15-13-21)11-8-17-4-2-1-3-5-17/h1-5,16,18-20H,6-15H2. The van der Waals surface area contributed by atoms with Gasteiger partial charge in [0.15, 0.2) is 0 Å². The number of ether oxygens (including phenoxy) is 1. The van der Waals surface area contributed by atoms with E-state index in [4.69, 9.17) is 4.74 Å². The first-order valence-electron chi connectivity index (χ1n) is 9.18. The van der Waals surface area contributed by atoms with Crippen molar-refractivity contribution in [1.29, 1.82) is 0 Å². The number of benzene rings is 1. The number of nitrogens with zero attached hydrogens (tertiary/aromatic N) is 1. The molecule has 1 unspecified atom stereocenters. The fraction of sp³-hybridized carbons (Fsp3) is 0.650. The molecule has 0 radical (unpaired) electrons. The molecule has 1 saturated carbocycles. The molecule has 23 heavy (non-hydrogen) atoms. The summed E-state index contributed by atoms with van der Waals surface area (Å²) in [5, 5.41) is 0. The Morgan fingerprint density at radius 1 is 1.09 bits per heavy atom. The maximum absolute atomic E-state index is 11.0. The molecule has 1 aromatic carbocycles. The lowest BCUT2D eigenvalue weighted by Crippen LogP contribution is -2.48. The SMILES string of the molecule is O=CC1CCC(C(CCc2ccccc2)N2CCOCC2)CC1. The molecule has 1 heterocycles. The number of rotatable bonds is 6. The van der Waals surface area contributed by atoms with Gasteiger partial charge in [0.1, 0.15) is 6.29 Å². The lowest BCUT2D eigenvalue weighted by molar-refractivity contribution is -0.112. The Balaban J connectivity index is 1.62. The van der Waals surface area contributed by atoms with E-state index in [2.05, 4.69) is 35.2 Å². The van der Waals surface area contributed by atoms with Gasteiger partial charge in [-0.05, 0) is 50.0 Å². The molecule has 2 aliphatic rings. The maximum Gasteiger partial charge on any atom is 0.123 e. The minimum Gasteiger partial charge on any atom is -0.379 e. The van der Waals surface area contributed by atoms with Crippen molar-refractivity contribution in [3.8, 4) is 0 Å². The van der Waals surface area contributed by atoms with E-state index in [1.54, 1.807) is 0 Å². The van der Waals surface area contributed by atoms with Gasteiger partial charge in [0, 0.05) is 25.0 Å². The Hall–Kier alpha value is -1.19. The molecule has 1 aliphatic carbocycles. The van der Waals surface area contributed by atoms with Gasteiger partial charge in [-0.2, -0.15) is 0 Å². The van der Waals surface area contributed by atoms with E-state index in [0.717, 1.165) is 51.5 Å². The Morgan fingerprint density at radius 2 is 1.78 bits per heavy atom. The third kappa shape index (κ3) is 4.65. The number of morpholine rings is 1. The van der Waals surface area contributed by atoms with Crippen LogP contribution in [0, 0.1) is 11.8 Å². The van der Waals surface area contributed by atoms with Crippen molar-refractivity contribution in [1.82, 2.24) is 4.90 Å². The van der Waals surface area contributed by atoms with Crippen LogP contribution in [-0.2, 0) is 16.0 Å². The van der Waals surface area contributed by atoms with Gasteiger partial charge in [0.25, 0.3) is 0 Å². The highest BCUT2D eigenvalue weighted by Gasteiger charge is 2.31. The van der Waals surface area contributed by atoms with Crippen LogP contribution < -0.4 is 0 Å². The molecule has 3 rings (SSSR count). The van der Waals surface area contributed by atoms with E-state index in [9.17, 15) is 4.79 Å². The molecule has 0 aromatic heterocycles. The second kappa shape index (κ2) is 8.60. The van der Waals surface area contributed by atoms with Crippen LogP contribution in [0.4, 0.5) is 0 Å². The maximum atomic E-state index is 11.0. The van der Waals surface area contributed by atoms with E-state index >= 15 is 0 Å². The van der Waals surface area contributed by atoms with Crippen LogP contribution in [0.25, 0.3) is 0 Å². The summed E-state index contributed by atoms with van der Waals surface area (Å²) in [5.74, 6) is 1.05. The lowest BCUT2D eigenvalue weighted by atomic mass is 9.77. The zero-order valence-corrected chi connectivity index (χ0v) is 14.0. The zero-order chi connectivity index (χ0) is 15.9. The quantitative estimate of drug-likeness (QED) is 0.754. The highest BCUT2D eigenvalue weighted by Crippen LogP contribution is 2.34. The molecule has 3 heteroatoms. The fourth-order valence-corrected chi connectivity index (χ4v) is 4.25. The Bertz CT molecular complexity index is 462. The van der Waals surface area contributed by atoms with Crippen molar-refractivity contribution in [3.63, 3.8) is 0 Å². The van der Waals surface area contributed by atoms with Gasteiger partial charge in [-0.1, -0.05) is 30.3 Å². The number of hydrogen-bond acceptors (Lipinski definition) is 3. The molecule has 1 saturated heterocycles. The third-order valence-corrected chi connectivity index (χ3v) is 5.64. The Kier molecular flexibility index (Phi) is 6.23. The average molecular weight is 315 g/mol. The van der Waals surface area contributed by atoms with Crippen LogP contribution >= 0.6 is 0 Å². The summed E-state index contributed by atoms with van der Waals surface area (Å²) in [5.41, 5.74) is 1.44. The fourth-order valence-electron chi connectivity index (χ4n) is 4.25. The van der Waals surface area contributed by atoms with Gasteiger partial charge in [-0.25, -0.2) is 0 Å². The van der Waals surface area contributed by atoms with Gasteiger partial charge in [0.05, 0.1) is 13.2 Å².